The fourth-order valence-corrected chi connectivity index (χ4v) is 2.13. The number of carbonyl (C=O) groups excluding carboxylic acids is 1. The van der Waals surface area contributed by atoms with Crippen LogP contribution in [0, 0.1) is 0 Å². The summed E-state index contributed by atoms with van der Waals surface area (Å²) in [5, 5.41) is 18.4. The number of aliphatic hydroxyl groups excluding tert-OH is 1. The van der Waals surface area contributed by atoms with Crippen LogP contribution in [0.25, 0.3) is 0 Å². The van der Waals surface area contributed by atoms with Gasteiger partial charge in [0.25, 0.3) is 0 Å². The number of rotatable bonds is 1. The molecule has 17 heavy (non-hydrogen) atoms. The standard InChI is InChI=1S/C10H16N2O5/c13-7-1-2-11(5-7)10(16)12-3-4-17-6-8(12)9(14)15/h7-8,13H,1-6H2,(H,14,15). The summed E-state index contributed by atoms with van der Waals surface area (Å²) >= 11 is 0. The monoisotopic (exact) mass is 244 g/mol. The third kappa shape index (κ3) is 2.50. The second-order valence-corrected chi connectivity index (χ2v) is 4.29. The number of hydrogen-bond acceptors (Lipinski definition) is 4. The van der Waals surface area contributed by atoms with E-state index in [0.29, 0.717) is 19.6 Å². The number of carboxylic acid groups (broad SMARTS) is 1. The zero-order valence-electron chi connectivity index (χ0n) is 9.41. The lowest BCUT2D eigenvalue weighted by molar-refractivity contribution is -0.147. The van der Waals surface area contributed by atoms with E-state index in [4.69, 9.17) is 9.84 Å². The Hall–Kier alpha value is -1.34. The van der Waals surface area contributed by atoms with Crippen LogP contribution in [0.15, 0.2) is 0 Å². The van der Waals surface area contributed by atoms with Crippen molar-refractivity contribution in [1.29, 1.82) is 0 Å². The zero-order valence-corrected chi connectivity index (χ0v) is 9.41. The maximum Gasteiger partial charge on any atom is 0.328 e. The lowest BCUT2D eigenvalue weighted by Crippen LogP contribution is -2.56. The summed E-state index contributed by atoms with van der Waals surface area (Å²) < 4.78 is 5.06. The van der Waals surface area contributed by atoms with Crippen molar-refractivity contribution in [3.8, 4) is 0 Å². The highest BCUT2D eigenvalue weighted by Gasteiger charge is 2.36. The van der Waals surface area contributed by atoms with Gasteiger partial charge in [-0.2, -0.15) is 0 Å². The van der Waals surface area contributed by atoms with E-state index in [1.165, 1.54) is 9.80 Å². The van der Waals surface area contributed by atoms with Crippen molar-refractivity contribution in [2.45, 2.75) is 18.6 Å². The third-order valence-corrected chi connectivity index (χ3v) is 3.09. The van der Waals surface area contributed by atoms with E-state index in [1.54, 1.807) is 0 Å². The number of carboxylic acids is 1. The average molecular weight is 244 g/mol. The normalized spacial score (nSPS) is 29.5. The van der Waals surface area contributed by atoms with Gasteiger partial charge >= 0.3 is 12.0 Å². The molecule has 0 bridgehead atoms. The van der Waals surface area contributed by atoms with E-state index < -0.39 is 18.1 Å². The van der Waals surface area contributed by atoms with E-state index in [9.17, 15) is 14.7 Å². The van der Waals surface area contributed by atoms with E-state index in [0.717, 1.165) is 0 Å². The first kappa shape index (κ1) is 12.1. The summed E-state index contributed by atoms with van der Waals surface area (Å²) in [5.41, 5.74) is 0. The molecule has 2 atom stereocenters. The van der Waals surface area contributed by atoms with Gasteiger partial charge in [-0.05, 0) is 6.42 Å². The molecule has 2 aliphatic heterocycles. The Bertz CT molecular complexity index is 322. The van der Waals surface area contributed by atoms with Gasteiger partial charge in [0, 0.05) is 19.6 Å². The topological polar surface area (TPSA) is 90.3 Å². The number of ether oxygens (including phenoxy) is 1. The second kappa shape index (κ2) is 4.89. The number of amides is 2. The smallest absolute Gasteiger partial charge is 0.328 e. The molecule has 0 radical (unpaired) electrons. The number of β-amino-alcohol motifs (C(OH)–C–C–N with tert-alkyl or cyclic N) is 1. The second-order valence-electron chi connectivity index (χ2n) is 4.29. The number of aliphatic carboxylic acids is 1. The third-order valence-electron chi connectivity index (χ3n) is 3.09. The molecule has 2 fully saturated rings. The first-order chi connectivity index (χ1) is 8.09. The summed E-state index contributed by atoms with van der Waals surface area (Å²) in [6.45, 7) is 1.41. The molecule has 2 rings (SSSR count). The van der Waals surface area contributed by atoms with E-state index in [1.807, 2.05) is 0 Å². The molecule has 2 unspecified atom stereocenters. The van der Waals surface area contributed by atoms with E-state index in [2.05, 4.69) is 0 Å². The summed E-state index contributed by atoms with van der Waals surface area (Å²) in [6.07, 6.45) is 0.0524. The van der Waals surface area contributed by atoms with E-state index in [-0.39, 0.29) is 25.7 Å². The molecule has 2 amide bonds. The van der Waals surface area contributed by atoms with Crippen LogP contribution in [-0.2, 0) is 9.53 Å². The van der Waals surface area contributed by atoms with Gasteiger partial charge in [-0.3, -0.25) is 0 Å². The lowest BCUT2D eigenvalue weighted by Gasteiger charge is -2.35. The highest BCUT2D eigenvalue weighted by molar-refractivity contribution is 5.83. The van der Waals surface area contributed by atoms with E-state index >= 15 is 0 Å². The Morgan fingerprint density at radius 2 is 2.06 bits per heavy atom. The molecule has 2 aliphatic rings. The molecule has 2 heterocycles. The number of aliphatic hydroxyl groups is 1. The molecule has 7 heteroatoms. The van der Waals surface area contributed by atoms with Gasteiger partial charge in [-0.1, -0.05) is 0 Å². The molecule has 2 saturated heterocycles. The minimum atomic E-state index is -1.06. The minimum Gasteiger partial charge on any atom is -0.480 e. The fraction of sp³-hybridized carbons (Fsp3) is 0.800. The number of carbonyl (C=O) groups is 2. The quantitative estimate of drug-likeness (QED) is 0.615. The van der Waals surface area contributed by atoms with Crippen LogP contribution in [0.4, 0.5) is 4.79 Å². The van der Waals surface area contributed by atoms with Crippen LogP contribution >= 0.6 is 0 Å². The minimum absolute atomic E-state index is 0.0253. The SMILES string of the molecule is O=C(O)C1COCCN1C(=O)N1CCC(O)C1. The molecule has 0 aromatic rings. The predicted molar refractivity (Wildman–Crippen MR) is 56.5 cm³/mol. The average Bonchev–Trinajstić information content (AvgIpc) is 2.75. The molecule has 0 spiro atoms. The van der Waals surface area contributed by atoms with Crippen LogP contribution in [0.5, 0.6) is 0 Å². The molecule has 2 N–H and O–H groups in total. The molecular weight excluding hydrogens is 228 g/mol. The molecule has 0 aromatic heterocycles. The van der Waals surface area contributed by atoms with Gasteiger partial charge in [0.05, 0.1) is 19.3 Å². The molecular formula is C10H16N2O5. The lowest BCUT2D eigenvalue weighted by atomic mass is 10.2. The molecule has 96 valence electrons. The van der Waals surface area contributed by atoms with Gasteiger partial charge in [0.2, 0.25) is 0 Å². The van der Waals surface area contributed by atoms with Crippen molar-refractivity contribution in [2.75, 3.05) is 32.8 Å². The number of hydrogen-bond donors (Lipinski definition) is 2. The van der Waals surface area contributed by atoms with Crippen molar-refractivity contribution < 1.29 is 24.5 Å². The van der Waals surface area contributed by atoms with Crippen LogP contribution < -0.4 is 0 Å². The first-order valence-corrected chi connectivity index (χ1v) is 5.63. The summed E-state index contributed by atoms with van der Waals surface area (Å²) in [7, 11) is 0. The van der Waals surface area contributed by atoms with Crippen LogP contribution in [0.2, 0.25) is 0 Å². The summed E-state index contributed by atoms with van der Waals surface area (Å²) in [5.74, 6) is -1.06. The van der Waals surface area contributed by atoms with Gasteiger partial charge < -0.3 is 24.7 Å². The van der Waals surface area contributed by atoms with Crippen molar-refractivity contribution >= 4 is 12.0 Å². The number of likely N-dealkylation sites (tertiary alicyclic amines) is 1. The summed E-state index contributed by atoms with van der Waals surface area (Å²) in [6, 6.07) is -1.24. The highest BCUT2D eigenvalue weighted by Crippen LogP contribution is 2.15. The highest BCUT2D eigenvalue weighted by atomic mass is 16.5. The van der Waals surface area contributed by atoms with Gasteiger partial charge in [-0.15, -0.1) is 0 Å². The van der Waals surface area contributed by atoms with Gasteiger partial charge in [-0.25, -0.2) is 9.59 Å². The predicted octanol–water partition coefficient (Wildman–Crippen LogP) is -1.04. The molecule has 0 saturated carbocycles. The molecule has 0 aromatic carbocycles. The Balaban J connectivity index is 2.03. The van der Waals surface area contributed by atoms with Crippen LogP contribution in [0.3, 0.4) is 0 Å². The van der Waals surface area contributed by atoms with Crippen LogP contribution in [-0.4, -0.2) is 77.0 Å². The zero-order chi connectivity index (χ0) is 12.4. The number of morpholine rings is 1. The molecule has 0 aliphatic carbocycles. The van der Waals surface area contributed by atoms with Crippen LogP contribution in [0.1, 0.15) is 6.42 Å². The first-order valence-electron chi connectivity index (χ1n) is 5.63. The van der Waals surface area contributed by atoms with Crippen molar-refractivity contribution in [1.82, 2.24) is 9.80 Å². The Labute approximate surface area is 98.6 Å². The maximum absolute atomic E-state index is 12.1. The summed E-state index contributed by atoms with van der Waals surface area (Å²) in [4.78, 5) is 25.9. The van der Waals surface area contributed by atoms with Crippen molar-refractivity contribution in [3.05, 3.63) is 0 Å². The van der Waals surface area contributed by atoms with Gasteiger partial charge in [0.15, 0.2) is 6.04 Å². The fourth-order valence-electron chi connectivity index (χ4n) is 2.13. The number of nitrogens with zero attached hydrogens (tertiary/aromatic N) is 2. The Morgan fingerprint density at radius 1 is 1.29 bits per heavy atom. The Morgan fingerprint density at radius 3 is 2.65 bits per heavy atom. The van der Waals surface area contributed by atoms with Crippen molar-refractivity contribution in [2.24, 2.45) is 0 Å². The van der Waals surface area contributed by atoms with Gasteiger partial charge in [0.1, 0.15) is 0 Å². The largest absolute Gasteiger partial charge is 0.480 e. The molecule has 7 nitrogen and oxygen atoms in total. The number of urea groups is 1. The van der Waals surface area contributed by atoms with Crippen molar-refractivity contribution in [3.63, 3.8) is 0 Å². The Kier molecular flexibility index (Phi) is 3.49. The maximum atomic E-state index is 12.1.